The van der Waals surface area contributed by atoms with Crippen LogP contribution in [0.4, 0.5) is 4.39 Å². The van der Waals surface area contributed by atoms with Crippen molar-refractivity contribution in [2.75, 3.05) is 5.75 Å². The molecule has 0 radical (unpaired) electrons. The number of halogens is 1. The number of nitrogens with zero attached hydrogens (tertiary/aromatic N) is 2. The summed E-state index contributed by atoms with van der Waals surface area (Å²) >= 11 is 1.14. The van der Waals surface area contributed by atoms with E-state index in [4.69, 9.17) is 4.42 Å². The fourth-order valence-electron chi connectivity index (χ4n) is 3.53. The number of hydrogen-bond acceptors (Lipinski definition) is 5. The SMILES string of the molecule is CC(NC(=O)CSc1nnc(-c2ccccc2F)o1)c1ccc2c(c1)CCCC2. The monoisotopic (exact) mass is 411 g/mol. The summed E-state index contributed by atoms with van der Waals surface area (Å²) in [5, 5.41) is 11.0. The van der Waals surface area contributed by atoms with Gasteiger partial charge in [-0.15, -0.1) is 10.2 Å². The average Bonchev–Trinajstić information content (AvgIpc) is 3.21. The van der Waals surface area contributed by atoms with Gasteiger partial charge in [-0.05, 0) is 61.4 Å². The van der Waals surface area contributed by atoms with Gasteiger partial charge in [0.15, 0.2) is 0 Å². The van der Waals surface area contributed by atoms with Crippen molar-refractivity contribution in [2.45, 2.75) is 43.9 Å². The van der Waals surface area contributed by atoms with Crippen molar-refractivity contribution in [3.05, 3.63) is 65.0 Å². The minimum atomic E-state index is -0.427. The summed E-state index contributed by atoms with van der Waals surface area (Å²) < 4.78 is 19.3. The van der Waals surface area contributed by atoms with Crippen LogP contribution in [0.1, 0.15) is 42.5 Å². The van der Waals surface area contributed by atoms with Gasteiger partial charge in [0.05, 0.1) is 17.4 Å². The lowest BCUT2D eigenvalue weighted by Crippen LogP contribution is -2.28. The van der Waals surface area contributed by atoms with E-state index in [2.05, 4.69) is 33.7 Å². The number of fused-ring (bicyclic) bond motifs is 1. The van der Waals surface area contributed by atoms with E-state index < -0.39 is 5.82 Å². The van der Waals surface area contributed by atoms with Gasteiger partial charge < -0.3 is 9.73 Å². The number of thioether (sulfide) groups is 1. The van der Waals surface area contributed by atoms with Gasteiger partial charge in [0.1, 0.15) is 5.82 Å². The number of carbonyl (C=O) groups excluding carboxylic acids is 1. The first-order valence-corrected chi connectivity index (χ1v) is 10.7. The van der Waals surface area contributed by atoms with Crippen LogP contribution in [0.3, 0.4) is 0 Å². The first-order chi connectivity index (χ1) is 14.1. The Morgan fingerprint density at radius 3 is 2.79 bits per heavy atom. The smallest absolute Gasteiger partial charge is 0.277 e. The maximum absolute atomic E-state index is 13.8. The molecule has 5 nitrogen and oxygen atoms in total. The highest BCUT2D eigenvalue weighted by atomic mass is 32.2. The first kappa shape index (κ1) is 19.6. The van der Waals surface area contributed by atoms with Gasteiger partial charge in [0.2, 0.25) is 5.91 Å². The Kier molecular flexibility index (Phi) is 5.94. The second kappa shape index (κ2) is 8.78. The van der Waals surface area contributed by atoms with E-state index >= 15 is 0 Å². The van der Waals surface area contributed by atoms with E-state index in [1.807, 2.05) is 6.92 Å². The van der Waals surface area contributed by atoms with Crippen LogP contribution in [-0.2, 0) is 17.6 Å². The van der Waals surface area contributed by atoms with Crippen LogP contribution in [0.2, 0.25) is 0 Å². The van der Waals surface area contributed by atoms with Crippen LogP contribution in [0.25, 0.3) is 11.5 Å². The highest BCUT2D eigenvalue weighted by molar-refractivity contribution is 7.99. The maximum Gasteiger partial charge on any atom is 0.277 e. The zero-order chi connectivity index (χ0) is 20.2. The van der Waals surface area contributed by atoms with Gasteiger partial charge in [-0.1, -0.05) is 42.1 Å². The molecule has 7 heteroatoms. The largest absolute Gasteiger partial charge is 0.411 e. The van der Waals surface area contributed by atoms with Gasteiger partial charge in [0.25, 0.3) is 11.1 Å². The predicted octanol–water partition coefficient (Wildman–Crippen LogP) is 4.72. The second-order valence-corrected chi connectivity index (χ2v) is 8.09. The fraction of sp³-hybridized carbons (Fsp3) is 0.318. The minimum Gasteiger partial charge on any atom is -0.411 e. The normalized spacial score (nSPS) is 14.3. The van der Waals surface area contributed by atoms with Crippen molar-refractivity contribution in [1.82, 2.24) is 15.5 Å². The van der Waals surface area contributed by atoms with Crippen molar-refractivity contribution in [1.29, 1.82) is 0 Å². The molecule has 0 fully saturated rings. The zero-order valence-corrected chi connectivity index (χ0v) is 17.0. The summed E-state index contributed by atoms with van der Waals surface area (Å²) in [6.45, 7) is 1.98. The Hall–Kier alpha value is -2.67. The lowest BCUT2D eigenvalue weighted by Gasteiger charge is -2.20. The molecule has 0 aliphatic heterocycles. The molecule has 0 spiro atoms. The molecule has 1 N–H and O–H groups in total. The van der Waals surface area contributed by atoms with Gasteiger partial charge in [0, 0.05) is 0 Å². The molecule has 0 saturated heterocycles. The van der Waals surface area contributed by atoms with E-state index in [1.165, 1.54) is 30.0 Å². The van der Waals surface area contributed by atoms with Crippen LogP contribution in [0.5, 0.6) is 0 Å². The molecule has 2 aromatic carbocycles. The van der Waals surface area contributed by atoms with E-state index in [1.54, 1.807) is 18.2 Å². The molecule has 4 rings (SSSR count). The van der Waals surface area contributed by atoms with E-state index in [0.29, 0.717) is 0 Å². The molecule has 150 valence electrons. The van der Waals surface area contributed by atoms with Crippen LogP contribution >= 0.6 is 11.8 Å². The summed E-state index contributed by atoms with van der Waals surface area (Å²) in [5.41, 5.74) is 4.19. The maximum atomic E-state index is 13.8. The van der Waals surface area contributed by atoms with Gasteiger partial charge in [-0.2, -0.15) is 0 Å². The summed E-state index contributed by atoms with van der Waals surface area (Å²) in [6.07, 6.45) is 4.74. The van der Waals surface area contributed by atoms with Gasteiger partial charge >= 0.3 is 0 Å². The van der Waals surface area contributed by atoms with E-state index in [0.717, 1.165) is 30.2 Å². The molecule has 1 aromatic heterocycles. The standard InChI is InChI=1S/C22H22FN3O2S/c1-14(16-11-10-15-6-2-3-7-17(15)12-16)24-20(27)13-29-22-26-25-21(28-22)18-8-4-5-9-19(18)23/h4-5,8-12,14H,2-3,6-7,13H2,1H3,(H,24,27). The van der Waals surface area contributed by atoms with E-state index in [9.17, 15) is 9.18 Å². The Balaban J connectivity index is 1.33. The Morgan fingerprint density at radius 1 is 1.17 bits per heavy atom. The van der Waals surface area contributed by atoms with Crippen LogP contribution in [0, 0.1) is 5.82 Å². The number of amides is 1. The molecule has 3 aromatic rings. The summed E-state index contributed by atoms with van der Waals surface area (Å²) in [6, 6.07) is 12.6. The number of nitrogens with one attached hydrogen (secondary N) is 1. The molecule has 1 amide bonds. The number of aryl methyl sites for hydroxylation is 2. The molecule has 0 saturated carbocycles. The Morgan fingerprint density at radius 2 is 1.97 bits per heavy atom. The topological polar surface area (TPSA) is 68.0 Å². The van der Waals surface area contributed by atoms with Crippen molar-refractivity contribution >= 4 is 17.7 Å². The molecule has 1 unspecified atom stereocenters. The molecule has 1 atom stereocenters. The molecule has 1 aliphatic rings. The third-order valence-electron chi connectivity index (χ3n) is 5.09. The minimum absolute atomic E-state index is 0.0769. The zero-order valence-electron chi connectivity index (χ0n) is 16.2. The molecule has 29 heavy (non-hydrogen) atoms. The number of hydrogen-bond donors (Lipinski definition) is 1. The highest BCUT2D eigenvalue weighted by Gasteiger charge is 2.16. The van der Waals surface area contributed by atoms with Crippen molar-refractivity contribution in [3.8, 4) is 11.5 Å². The third kappa shape index (κ3) is 4.67. The van der Waals surface area contributed by atoms with Crippen LogP contribution < -0.4 is 5.32 Å². The number of benzene rings is 2. The van der Waals surface area contributed by atoms with Crippen molar-refractivity contribution in [3.63, 3.8) is 0 Å². The third-order valence-corrected chi connectivity index (χ3v) is 5.91. The lowest BCUT2D eigenvalue weighted by atomic mass is 9.89. The predicted molar refractivity (Wildman–Crippen MR) is 110 cm³/mol. The van der Waals surface area contributed by atoms with Crippen LogP contribution in [0.15, 0.2) is 52.1 Å². The van der Waals surface area contributed by atoms with Crippen LogP contribution in [-0.4, -0.2) is 21.9 Å². The number of aromatic nitrogens is 2. The number of rotatable bonds is 6. The second-order valence-electron chi connectivity index (χ2n) is 7.17. The van der Waals surface area contributed by atoms with Crippen molar-refractivity contribution < 1.29 is 13.6 Å². The molecular weight excluding hydrogens is 389 g/mol. The lowest BCUT2D eigenvalue weighted by molar-refractivity contribution is -0.119. The molecular formula is C22H22FN3O2S. The van der Waals surface area contributed by atoms with Gasteiger partial charge in [-0.25, -0.2) is 4.39 Å². The average molecular weight is 412 g/mol. The fourth-order valence-corrected chi connectivity index (χ4v) is 4.10. The molecule has 0 bridgehead atoms. The molecule has 1 heterocycles. The first-order valence-electron chi connectivity index (χ1n) is 9.72. The summed E-state index contributed by atoms with van der Waals surface area (Å²) in [7, 11) is 0. The Labute approximate surface area is 173 Å². The summed E-state index contributed by atoms with van der Waals surface area (Å²) in [4.78, 5) is 12.3. The summed E-state index contributed by atoms with van der Waals surface area (Å²) in [5.74, 6) is -0.294. The number of carbonyl (C=O) groups is 1. The Bertz CT molecular complexity index is 1020. The van der Waals surface area contributed by atoms with Crippen molar-refractivity contribution in [2.24, 2.45) is 0 Å². The molecule has 1 aliphatic carbocycles. The quantitative estimate of drug-likeness (QED) is 0.594. The van der Waals surface area contributed by atoms with E-state index in [-0.39, 0.29) is 34.4 Å². The van der Waals surface area contributed by atoms with Gasteiger partial charge in [-0.3, -0.25) is 4.79 Å². The highest BCUT2D eigenvalue weighted by Crippen LogP contribution is 2.26.